The molecule has 1 fully saturated rings. The first-order valence-corrected chi connectivity index (χ1v) is 13.2. The lowest BCUT2D eigenvalue weighted by Gasteiger charge is -2.34. The third-order valence-electron chi connectivity index (χ3n) is 5.14. The molecular weight excluding hydrogens is 430 g/mol. The number of thioether (sulfide) groups is 2. The van der Waals surface area contributed by atoms with E-state index in [4.69, 9.17) is 4.98 Å². The molecule has 1 saturated heterocycles. The van der Waals surface area contributed by atoms with Gasteiger partial charge < -0.3 is 9.80 Å². The van der Waals surface area contributed by atoms with E-state index in [9.17, 15) is 4.79 Å². The highest BCUT2D eigenvalue weighted by Gasteiger charge is 2.23. The van der Waals surface area contributed by atoms with E-state index in [1.54, 1.807) is 23.1 Å². The van der Waals surface area contributed by atoms with Crippen molar-refractivity contribution in [3.63, 3.8) is 0 Å². The molecule has 7 heteroatoms. The molecule has 1 aliphatic rings. The van der Waals surface area contributed by atoms with Crippen LogP contribution in [0.3, 0.4) is 0 Å². The third-order valence-corrected chi connectivity index (χ3v) is 7.96. The molecule has 0 spiro atoms. The first-order chi connectivity index (χ1) is 14.5. The molecule has 0 aliphatic carbocycles. The number of hydrogen-bond acceptors (Lipinski definition) is 6. The quantitative estimate of drug-likeness (QED) is 0.463. The predicted molar refractivity (Wildman–Crippen MR) is 131 cm³/mol. The van der Waals surface area contributed by atoms with Crippen molar-refractivity contribution in [1.29, 1.82) is 0 Å². The van der Waals surface area contributed by atoms with Crippen molar-refractivity contribution < 1.29 is 4.79 Å². The maximum Gasteiger partial charge on any atom is 0.227 e. The van der Waals surface area contributed by atoms with E-state index in [1.165, 1.54) is 14.5 Å². The molecule has 0 bridgehead atoms. The molecule has 3 aromatic rings. The number of carbonyl (C=O) groups excluding carboxylic acids is 1. The molecule has 0 N–H and O–H groups in total. The molecule has 2 aromatic carbocycles. The normalized spacial score (nSPS) is 14.7. The van der Waals surface area contributed by atoms with Crippen molar-refractivity contribution in [2.45, 2.75) is 35.3 Å². The van der Waals surface area contributed by atoms with Crippen LogP contribution in [-0.4, -0.2) is 53.5 Å². The molecule has 0 atom stereocenters. The van der Waals surface area contributed by atoms with Gasteiger partial charge in [0.15, 0.2) is 5.13 Å². The summed E-state index contributed by atoms with van der Waals surface area (Å²) in [5, 5.41) is 1.63. The number of carbonyl (C=O) groups is 1. The molecule has 2 heterocycles. The molecule has 1 aromatic heterocycles. The second kappa shape index (κ2) is 9.62. The second-order valence-electron chi connectivity index (χ2n) is 7.69. The number of piperazine rings is 1. The summed E-state index contributed by atoms with van der Waals surface area (Å²) in [5.41, 5.74) is 2.15. The molecule has 1 aliphatic heterocycles. The van der Waals surface area contributed by atoms with Crippen LogP contribution in [0.5, 0.6) is 0 Å². The van der Waals surface area contributed by atoms with Gasteiger partial charge in [0.25, 0.3) is 0 Å². The highest BCUT2D eigenvalue weighted by Crippen LogP contribution is 2.32. The van der Waals surface area contributed by atoms with E-state index >= 15 is 0 Å². The number of thiazole rings is 1. The van der Waals surface area contributed by atoms with E-state index in [0.717, 1.165) is 42.4 Å². The number of benzene rings is 2. The fraction of sp³-hybridized carbons (Fsp3) is 0.391. The number of anilines is 1. The minimum Gasteiger partial charge on any atom is -0.345 e. The zero-order chi connectivity index (χ0) is 21.1. The van der Waals surface area contributed by atoms with Crippen molar-refractivity contribution in [3.8, 4) is 0 Å². The summed E-state index contributed by atoms with van der Waals surface area (Å²) in [4.78, 5) is 24.4. The molecule has 0 radical (unpaired) electrons. The lowest BCUT2D eigenvalue weighted by molar-refractivity contribution is -0.130. The molecule has 4 rings (SSSR count). The molecule has 1 amide bonds. The standard InChI is InChI=1S/C23H27N3OS3/c1-16(2)29-18-6-4-17(5-7-18)14-22(27)25-10-12-26(13-11-25)23-24-20-9-8-19(28-3)15-21(20)30-23/h4-9,15-16H,10-14H2,1-3H3. The Labute approximate surface area is 191 Å². The van der Waals surface area contributed by atoms with Gasteiger partial charge in [-0.05, 0) is 42.2 Å². The molecule has 4 nitrogen and oxygen atoms in total. The third kappa shape index (κ3) is 5.13. The van der Waals surface area contributed by atoms with Crippen molar-refractivity contribution in [3.05, 3.63) is 48.0 Å². The van der Waals surface area contributed by atoms with Gasteiger partial charge in [0, 0.05) is 41.2 Å². The Morgan fingerprint density at radius 2 is 1.77 bits per heavy atom. The van der Waals surface area contributed by atoms with Gasteiger partial charge in [-0.1, -0.05) is 37.3 Å². The number of fused-ring (bicyclic) bond motifs is 1. The van der Waals surface area contributed by atoms with E-state index in [-0.39, 0.29) is 5.91 Å². The lowest BCUT2D eigenvalue weighted by atomic mass is 10.1. The first kappa shape index (κ1) is 21.5. The van der Waals surface area contributed by atoms with Crippen molar-refractivity contribution in [1.82, 2.24) is 9.88 Å². The predicted octanol–water partition coefficient (Wildman–Crippen LogP) is 5.41. The highest BCUT2D eigenvalue weighted by atomic mass is 32.2. The van der Waals surface area contributed by atoms with Gasteiger partial charge in [-0.3, -0.25) is 4.79 Å². The smallest absolute Gasteiger partial charge is 0.227 e. The topological polar surface area (TPSA) is 36.4 Å². The molecule has 158 valence electrons. The minimum atomic E-state index is 0.216. The highest BCUT2D eigenvalue weighted by molar-refractivity contribution is 8.00. The average Bonchev–Trinajstić information content (AvgIpc) is 3.18. The van der Waals surface area contributed by atoms with Crippen LogP contribution >= 0.6 is 34.9 Å². The summed E-state index contributed by atoms with van der Waals surface area (Å²) in [6, 6.07) is 14.9. The van der Waals surface area contributed by atoms with Crippen LogP contribution in [0.25, 0.3) is 10.2 Å². The van der Waals surface area contributed by atoms with Crippen LogP contribution in [0.2, 0.25) is 0 Å². The lowest BCUT2D eigenvalue weighted by Crippen LogP contribution is -2.49. The minimum absolute atomic E-state index is 0.216. The van der Waals surface area contributed by atoms with Crippen LogP contribution in [0.4, 0.5) is 5.13 Å². The number of rotatable bonds is 6. The maximum atomic E-state index is 12.8. The van der Waals surface area contributed by atoms with Gasteiger partial charge >= 0.3 is 0 Å². The molecule has 0 unspecified atom stereocenters. The van der Waals surface area contributed by atoms with Gasteiger partial charge in [-0.25, -0.2) is 4.98 Å². The van der Waals surface area contributed by atoms with Crippen molar-refractivity contribution >= 4 is 56.1 Å². The van der Waals surface area contributed by atoms with Crippen molar-refractivity contribution in [2.75, 3.05) is 37.3 Å². The largest absolute Gasteiger partial charge is 0.345 e. The molecule has 0 saturated carbocycles. The number of amides is 1. The molecular formula is C23H27N3OS3. The monoisotopic (exact) mass is 457 g/mol. The van der Waals surface area contributed by atoms with E-state index < -0.39 is 0 Å². The van der Waals surface area contributed by atoms with Gasteiger partial charge in [-0.2, -0.15) is 0 Å². The maximum absolute atomic E-state index is 12.8. The van der Waals surface area contributed by atoms with Crippen LogP contribution in [0.1, 0.15) is 19.4 Å². The van der Waals surface area contributed by atoms with E-state index in [0.29, 0.717) is 11.7 Å². The van der Waals surface area contributed by atoms with Gasteiger partial charge in [0.05, 0.1) is 16.6 Å². The number of nitrogens with zero attached hydrogens (tertiary/aromatic N) is 3. The first-order valence-electron chi connectivity index (χ1n) is 10.2. The van der Waals surface area contributed by atoms with Crippen LogP contribution in [-0.2, 0) is 11.2 Å². The van der Waals surface area contributed by atoms with Gasteiger partial charge in [0.2, 0.25) is 5.91 Å². The zero-order valence-corrected chi connectivity index (χ0v) is 20.1. The zero-order valence-electron chi connectivity index (χ0n) is 17.6. The Bertz CT molecular complexity index is 1010. The summed E-state index contributed by atoms with van der Waals surface area (Å²) in [7, 11) is 0. The van der Waals surface area contributed by atoms with E-state index in [2.05, 4.69) is 67.5 Å². The number of aromatic nitrogens is 1. The summed E-state index contributed by atoms with van der Waals surface area (Å²) < 4.78 is 1.23. The van der Waals surface area contributed by atoms with Crippen molar-refractivity contribution in [2.24, 2.45) is 0 Å². The molecule has 30 heavy (non-hydrogen) atoms. The van der Waals surface area contributed by atoms with Crippen LogP contribution < -0.4 is 4.90 Å². The van der Waals surface area contributed by atoms with E-state index in [1.807, 2.05) is 16.7 Å². The SMILES string of the molecule is CSc1ccc2nc(N3CCN(C(=O)Cc4ccc(SC(C)C)cc4)CC3)sc2c1. The van der Waals surface area contributed by atoms with Crippen LogP contribution in [0, 0.1) is 0 Å². The Morgan fingerprint density at radius 3 is 2.43 bits per heavy atom. The summed E-state index contributed by atoms with van der Waals surface area (Å²) in [6.07, 6.45) is 2.57. The Balaban J connectivity index is 1.33. The summed E-state index contributed by atoms with van der Waals surface area (Å²) in [5.74, 6) is 0.216. The van der Waals surface area contributed by atoms with Gasteiger partial charge in [-0.15, -0.1) is 23.5 Å². The fourth-order valence-electron chi connectivity index (χ4n) is 3.55. The summed E-state index contributed by atoms with van der Waals surface area (Å²) >= 11 is 5.35. The summed E-state index contributed by atoms with van der Waals surface area (Å²) in [6.45, 7) is 7.57. The second-order valence-corrected chi connectivity index (χ2v) is 11.2. The number of hydrogen-bond donors (Lipinski definition) is 0. The Kier molecular flexibility index (Phi) is 6.91. The average molecular weight is 458 g/mol. The van der Waals surface area contributed by atoms with Crippen LogP contribution in [0.15, 0.2) is 52.3 Å². The Morgan fingerprint density at radius 1 is 1.07 bits per heavy atom. The van der Waals surface area contributed by atoms with Gasteiger partial charge in [0.1, 0.15) is 0 Å². The Hall–Kier alpha value is -1.70. The fourth-order valence-corrected chi connectivity index (χ4v) is 5.96.